The van der Waals surface area contributed by atoms with Gasteiger partial charge in [-0.1, -0.05) is 17.7 Å². The minimum Gasteiger partial charge on any atom is -0.326 e. The summed E-state index contributed by atoms with van der Waals surface area (Å²) < 4.78 is 27.4. The molecule has 0 aliphatic heterocycles. The molecular formula is C18H19ClN2O3S. The smallest absolute Gasteiger partial charge is 0.264 e. The Morgan fingerprint density at radius 1 is 1.24 bits per heavy atom. The van der Waals surface area contributed by atoms with Gasteiger partial charge in [-0.3, -0.25) is 9.10 Å². The first kappa shape index (κ1) is 19.0. The Balaban J connectivity index is 2.45. The summed E-state index contributed by atoms with van der Waals surface area (Å²) in [4.78, 5) is 11.2. The van der Waals surface area contributed by atoms with Gasteiger partial charge in [0.2, 0.25) is 5.91 Å². The molecule has 0 aliphatic carbocycles. The van der Waals surface area contributed by atoms with Crippen molar-refractivity contribution in [3.05, 3.63) is 65.7 Å². The molecule has 0 spiro atoms. The summed E-state index contributed by atoms with van der Waals surface area (Å²) in [6, 6.07) is 11.1. The van der Waals surface area contributed by atoms with Gasteiger partial charge < -0.3 is 5.32 Å². The van der Waals surface area contributed by atoms with E-state index in [1.165, 1.54) is 29.4 Å². The van der Waals surface area contributed by atoms with E-state index < -0.39 is 10.0 Å². The van der Waals surface area contributed by atoms with Crippen LogP contribution in [0.15, 0.2) is 60.0 Å². The maximum Gasteiger partial charge on any atom is 0.264 e. The predicted molar refractivity (Wildman–Crippen MR) is 102 cm³/mol. The number of benzene rings is 2. The van der Waals surface area contributed by atoms with Crippen molar-refractivity contribution in [2.45, 2.75) is 18.7 Å². The van der Waals surface area contributed by atoms with Crippen LogP contribution in [-0.4, -0.2) is 20.9 Å². The van der Waals surface area contributed by atoms with Gasteiger partial charge in [-0.15, -0.1) is 6.58 Å². The number of hydrogen-bond acceptors (Lipinski definition) is 3. The van der Waals surface area contributed by atoms with Gasteiger partial charge in [0, 0.05) is 17.6 Å². The van der Waals surface area contributed by atoms with Gasteiger partial charge in [-0.25, -0.2) is 8.42 Å². The maximum absolute atomic E-state index is 13.1. The summed E-state index contributed by atoms with van der Waals surface area (Å²) >= 11 is 5.97. The van der Waals surface area contributed by atoms with Crippen LogP contribution < -0.4 is 9.62 Å². The highest BCUT2D eigenvalue weighted by Gasteiger charge is 2.25. The van der Waals surface area contributed by atoms with Crippen LogP contribution in [0.5, 0.6) is 0 Å². The van der Waals surface area contributed by atoms with Gasteiger partial charge in [0.1, 0.15) is 0 Å². The van der Waals surface area contributed by atoms with Gasteiger partial charge in [0.25, 0.3) is 10.0 Å². The Hall–Kier alpha value is -2.31. The average molecular weight is 379 g/mol. The molecule has 0 atom stereocenters. The molecule has 0 fully saturated rings. The molecular weight excluding hydrogens is 360 g/mol. The molecule has 1 N–H and O–H groups in total. The molecule has 0 bridgehead atoms. The van der Waals surface area contributed by atoms with E-state index in [1.54, 1.807) is 37.3 Å². The first-order valence-electron chi connectivity index (χ1n) is 7.53. The largest absolute Gasteiger partial charge is 0.326 e. The van der Waals surface area contributed by atoms with Crippen molar-refractivity contribution in [3.8, 4) is 0 Å². The summed E-state index contributed by atoms with van der Waals surface area (Å²) in [7, 11) is -3.79. The van der Waals surface area contributed by atoms with Crippen LogP contribution in [-0.2, 0) is 14.8 Å². The van der Waals surface area contributed by atoms with Crippen LogP contribution in [0, 0.1) is 6.92 Å². The van der Waals surface area contributed by atoms with Crippen LogP contribution >= 0.6 is 11.6 Å². The molecule has 0 saturated carbocycles. The summed E-state index contributed by atoms with van der Waals surface area (Å²) in [5.74, 6) is -0.222. The summed E-state index contributed by atoms with van der Waals surface area (Å²) in [5.41, 5.74) is 1.81. The lowest BCUT2D eigenvalue weighted by Crippen LogP contribution is -2.31. The van der Waals surface area contributed by atoms with Crippen molar-refractivity contribution >= 4 is 38.9 Å². The molecule has 0 radical (unpaired) electrons. The van der Waals surface area contributed by atoms with E-state index in [4.69, 9.17) is 11.6 Å². The van der Waals surface area contributed by atoms with E-state index in [0.717, 1.165) is 5.56 Å². The first-order valence-corrected chi connectivity index (χ1v) is 9.35. The second kappa shape index (κ2) is 7.72. The number of sulfonamides is 1. The molecule has 0 heterocycles. The second-order valence-electron chi connectivity index (χ2n) is 5.46. The molecule has 1 amide bonds. The fraction of sp³-hybridized carbons (Fsp3) is 0.167. The number of rotatable bonds is 6. The van der Waals surface area contributed by atoms with E-state index in [2.05, 4.69) is 11.9 Å². The zero-order valence-electron chi connectivity index (χ0n) is 14.0. The van der Waals surface area contributed by atoms with Crippen molar-refractivity contribution in [2.75, 3.05) is 16.2 Å². The molecule has 2 aromatic rings. The quantitative estimate of drug-likeness (QED) is 0.773. The zero-order chi connectivity index (χ0) is 18.6. The second-order valence-corrected chi connectivity index (χ2v) is 7.76. The average Bonchev–Trinajstić information content (AvgIpc) is 2.53. The van der Waals surface area contributed by atoms with Gasteiger partial charge in [0.15, 0.2) is 0 Å². The van der Waals surface area contributed by atoms with Crippen LogP contribution in [0.4, 0.5) is 11.4 Å². The number of nitrogens with zero attached hydrogens (tertiary/aromatic N) is 1. The number of hydrogen-bond donors (Lipinski definition) is 1. The van der Waals surface area contributed by atoms with Crippen LogP contribution in [0.3, 0.4) is 0 Å². The van der Waals surface area contributed by atoms with Gasteiger partial charge in [0.05, 0.1) is 17.1 Å². The Bertz CT molecular complexity index is 893. The molecule has 0 saturated heterocycles. The number of anilines is 2. The number of halogens is 1. The van der Waals surface area contributed by atoms with E-state index in [9.17, 15) is 13.2 Å². The Labute approximate surface area is 153 Å². The molecule has 2 aromatic carbocycles. The lowest BCUT2D eigenvalue weighted by molar-refractivity contribution is -0.114. The zero-order valence-corrected chi connectivity index (χ0v) is 15.6. The maximum atomic E-state index is 13.1. The lowest BCUT2D eigenvalue weighted by atomic mass is 10.2. The number of amides is 1. The first-order chi connectivity index (χ1) is 11.8. The molecule has 7 heteroatoms. The van der Waals surface area contributed by atoms with Crippen LogP contribution in [0.1, 0.15) is 12.5 Å². The highest BCUT2D eigenvalue weighted by atomic mass is 35.5. The van der Waals surface area contributed by atoms with Crippen LogP contribution in [0.2, 0.25) is 5.02 Å². The topological polar surface area (TPSA) is 66.5 Å². The molecule has 25 heavy (non-hydrogen) atoms. The third-order valence-corrected chi connectivity index (χ3v) is 5.51. The molecule has 2 rings (SSSR count). The number of aryl methyl sites for hydroxylation is 1. The molecule has 0 unspecified atom stereocenters. The van der Waals surface area contributed by atoms with Crippen LogP contribution in [0.25, 0.3) is 0 Å². The van der Waals surface area contributed by atoms with E-state index in [0.29, 0.717) is 16.4 Å². The van der Waals surface area contributed by atoms with Crippen molar-refractivity contribution in [1.29, 1.82) is 0 Å². The summed E-state index contributed by atoms with van der Waals surface area (Å²) in [5, 5.41) is 3.15. The fourth-order valence-corrected chi connectivity index (χ4v) is 4.11. The summed E-state index contributed by atoms with van der Waals surface area (Å²) in [6.45, 7) is 6.96. The highest BCUT2D eigenvalue weighted by Crippen LogP contribution is 2.29. The normalized spacial score (nSPS) is 11.0. The molecule has 5 nitrogen and oxygen atoms in total. The number of nitrogens with one attached hydrogen (secondary N) is 1. The third kappa shape index (κ3) is 4.41. The van der Waals surface area contributed by atoms with Gasteiger partial charge in [-0.05, 0) is 55.0 Å². The van der Waals surface area contributed by atoms with E-state index in [1.807, 2.05) is 0 Å². The van der Waals surface area contributed by atoms with Gasteiger partial charge in [-0.2, -0.15) is 0 Å². The van der Waals surface area contributed by atoms with Crippen molar-refractivity contribution in [1.82, 2.24) is 0 Å². The molecule has 132 valence electrons. The number of carbonyl (C=O) groups is 1. The standard InChI is InChI=1S/C18H19ClN2O3S/c1-4-11-21(18-10-5-15(19)12-13(18)2)25(23,24)17-8-6-16(7-9-17)20-14(3)22/h4-10,12H,1,11H2,2-3H3,(H,20,22). The highest BCUT2D eigenvalue weighted by molar-refractivity contribution is 7.92. The van der Waals surface area contributed by atoms with Gasteiger partial charge >= 0.3 is 0 Å². The van der Waals surface area contributed by atoms with Crippen molar-refractivity contribution in [3.63, 3.8) is 0 Å². The third-order valence-electron chi connectivity index (χ3n) is 3.49. The SMILES string of the molecule is C=CCN(c1ccc(Cl)cc1C)S(=O)(=O)c1ccc(NC(C)=O)cc1. The Kier molecular flexibility index (Phi) is 5.87. The molecule has 0 aromatic heterocycles. The minimum absolute atomic E-state index is 0.123. The van der Waals surface area contributed by atoms with Crippen molar-refractivity contribution in [2.24, 2.45) is 0 Å². The minimum atomic E-state index is -3.79. The number of carbonyl (C=O) groups excluding carboxylic acids is 1. The fourth-order valence-electron chi connectivity index (χ4n) is 2.38. The Morgan fingerprint density at radius 2 is 1.88 bits per heavy atom. The van der Waals surface area contributed by atoms with E-state index >= 15 is 0 Å². The lowest BCUT2D eigenvalue weighted by Gasteiger charge is -2.25. The van der Waals surface area contributed by atoms with Crippen molar-refractivity contribution < 1.29 is 13.2 Å². The summed E-state index contributed by atoms with van der Waals surface area (Å²) in [6.07, 6.45) is 1.53. The molecule has 0 aliphatic rings. The monoisotopic (exact) mass is 378 g/mol. The predicted octanol–water partition coefficient (Wildman–Crippen LogP) is 3.99. The Morgan fingerprint density at radius 3 is 2.40 bits per heavy atom. The van der Waals surface area contributed by atoms with E-state index in [-0.39, 0.29) is 17.3 Å².